The molecule has 0 atom stereocenters. The van der Waals surface area contributed by atoms with Crippen molar-refractivity contribution in [3.05, 3.63) is 59.7 Å². The lowest BCUT2D eigenvalue weighted by molar-refractivity contribution is 0.483. The van der Waals surface area contributed by atoms with Crippen LogP contribution in [0.4, 0.5) is 14.5 Å². The van der Waals surface area contributed by atoms with Gasteiger partial charge in [0.2, 0.25) is 0 Å². The lowest BCUT2D eigenvalue weighted by atomic mass is 10.2. The van der Waals surface area contributed by atoms with Crippen LogP contribution in [0.2, 0.25) is 0 Å². The van der Waals surface area contributed by atoms with Crippen LogP contribution in [0, 0.1) is 11.6 Å². The van der Waals surface area contributed by atoms with Crippen LogP contribution in [0.25, 0.3) is 0 Å². The average Bonchev–Trinajstić information content (AvgIpc) is 2.49. The molecule has 112 valence electrons. The Morgan fingerprint density at radius 2 is 1.76 bits per heavy atom. The van der Waals surface area contributed by atoms with Gasteiger partial charge in [-0.15, -0.1) is 0 Å². The number of benzene rings is 2. The highest BCUT2D eigenvalue weighted by atomic mass is 32.2. The fourth-order valence-electron chi connectivity index (χ4n) is 1.85. The number of para-hydroxylation sites is 1. The first-order valence-corrected chi connectivity index (χ1v) is 7.54. The van der Waals surface area contributed by atoms with Crippen molar-refractivity contribution in [1.29, 1.82) is 0 Å². The largest absolute Gasteiger partial charge is 0.326 e. The quantitative estimate of drug-likeness (QED) is 0.942. The number of nitrogens with zero attached hydrogens (tertiary/aromatic N) is 1. The van der Waals surface area contributed by atoms with Crippen LogP contribution in [0.3, 0.4) is 0 Å². The molecule has 0 saturated heterocycles. The maximum Gasteiger partial charge on any atom is 0.267 e. The average molecular weight is 312 g/mol. The van der Waals surface area contributed by atoms with Crippen molar-refractivity contribution in [2.24, 2.45) is 5.73 Å². The molecule has 0 amide bonds. The minimum Gasteiger partial charge on any atom is -0.326 e. The molecule has 0 aliphatic heterocycles. The fraction of sp³-hybridized carbons (Fsp3) is 0.143. The van der Waals surface area contributed by atoms with E-state index < -0.39 is 26.6 Å². The Kier molecular flexibility index (Phi) is 4.24. The van der Waals surface area contributed by atoms with Gasteiger partial charge in [-0.2, -0.15) is 0 Å². The van der Waals surface area contributed by atoms with Gasteiger partial charge in [-0.05, 0) is 29.8 Å². The van der Waals surface area contributed by atoms with E-state index in [1.165, 1.54) is 7.05 Å². The van der Waals surface area contributed by atoms with Gasteiger partial charge in [-0.25, -0.2) is 17.2 Å². The molecular weight excluding hydrogens is 298 g/mol. The molecule has 2 N–H and O–H groups in total. The molecule has 0 heterocycles. The topological polar surface area (TPSA) is 63.4 Å². The zero-order chi connectivity index (χ0) is 15.6. The second-order valence-corrected chi connectivity index (χ2v) is 6.34. The Labute approximate surface area is 121 Å². The summed E-state index contributed by atoms with van der Waals surface area (Å²) in [4.78, 5) is -0.727. The van der Waals surface area contributed by atoms with Gasteiger partial charge >= 0.3 is 0 Å². The zero-order valence-electron chi connectivity index (χ0n) is 11.3. The summed E-state index contributed by atoms with van der Waals surface area (Å²) in [7, 11) is -2.94. The van der Waals surface area contributed by atoms with Gasteiger partial charge in [0.1, 0.15) is 4.90 Å². The van der Waals surface area contributed by atoms with Crippen LogP contribution >= 0.6 is 0 Å². The number of anilines is 1. The Bertz CT molecular complexity index is 749. The Morgan fingerprint density at radius 3 is 2.33 bits per heavy atom. The lowest BCUT2D eigenvalue weighted by Gasteiger charge is -2.20. The highest BCUT2D eigenvalue weighted by molar-refractivity contribution is 7.92. The Hall–Kier alpha value is -1.99. The molecule has 0 fully saturated rings. The number of hydrogen-bond donors (Lipinski definition) is 1. The van der Waals surface area contributed by atoms with Gasteiger partial charge in [0.05, 0.1) is 5.69 Å². The molecule has 2 aromatic rings. The molecular formula is C14H14F2N2O2S. The molecule has 4 nitrogen and oxygen atoms in total. The van der Waals surface area contributed by atoms with Crippen molar-refractivity contribution in [2.45, 2.75) is 11.4 Å². The fourth-order valence-corrected chi connectivity index (χ4v) is 3.17. The molecule has 0 radical (unpaired) electrons. The predicted octanol–water partition coefficient (Wildman–Crippen LogP) is 2.25. The van der Waals surface area contributed by atoms with E-state index >= 15 is 0 Å². The first kappa shape index (κ1) is 15.4. The van der Waals surface area contributed by atoms with Gasteiger partial charge in [0, 0.05) is 13.6 Å². The Morgan fingerprint density at radius 1 is 1.14 bits per heavy atom. The van der Waals surface area contributed by atoms with E-state index in [1.807, 2.05) is 0 Å². The van der Waals surface area contributed by atoms with Crippen molar-refractivity contribution in [2.75, 3.05) is 11.4 Å². The monoisotopic (exact) mass is 312 g/mol. The highest BCUT2D eigenvalue weighted by Gasteiger charge is 2.27. The Balaban J connectivity index is 2.57. The third-order valence-electron chi connectivity index (χ3n) is 3.05. The molecule has 0 spiro atoms. The van der Waals surface area contributed by atoms with Crippen LogP contribution in [-0.2, 0) is 16.6 Å². The SMILES string of the molecule is CN(c1ccccc1)S(=O)(=O)c1cc(CN)cc(F)c1F. The second-order valence-electron chi connectivity index (χ2n) is 4.40. The summed E-state index contributed by atoms with van der Waals surface area (Å²) in [5, 5.41) is 0. The summed E-state index contributed by atoms with van der Waals surface area (Å²) >= 11 is 0. The third kappa shape index (κ3) is 2.88. The van der Waals surface area contributed by atoms with Gasteiger partial charge in [-0.1, -0.05) is 18.2 Å². The zero-order valence-corrected chi connectivity index (χ0v) is 12.1. The van der Waals surface area contributed by atoms with Crippen molar-refractivity contribution < 1.29 is 17.2 Å². The van der Waals surface area contributed by atoms with Gasteiger partial charge in [-0.3, -0.25) is 4.31 Å². The number of sulfonamides is 1. The number of rotatable bonds is 4. The van der Waals surface area contributed by atoms with Gasteiger partial charge in [0.25, 0.3) is 10.0 Å². The molecule has 0 aliphatic rings. The van der Waals surface area contributed by atoms with Crippen molar-refractivity contribution >= 4 is 15.7 Å². The molecule has 0 saturated carbocycles. The highest BCUT2D eigenvalue weighted by Crippen LogP contribution is 2.26. The van der Waals surface area contributed by atoms with E-state index in [4.69, 9.17) is 5.73 Å². The molecule has 21 heavy (non-hydrogen) atoms. The van der Waals surface area contributed by atoms with Crippen LogP contribution in [0.15, 0.2) is 47.4 Å². The molecule has 7 heteroatoms. The third-order valence-corrected chi connectivity index (χ3v) is 4.83. The number of nitrogens with two attached hydrogens (primary N) is 1. The molecule has 0 aliphatic carbocycles. The number of halogens is 2. The van der Waals surface area contributed by atoms with Crippen LogP contribution in [-0.4, -0.2) is 15.5 Å². The predicted molar refractivity (Wildman–Crippen MR) is 76.3 cm³/mol. The lowest BCUT2D eigenvalue weighted by Crippen LogP contribution is -2.27. The summed E-state index contributed by atoms with van der Waals surface area (Å²) in [5.41, 5.74) is 5.92. The van der Waals surface area contributed by atoms with Crippen molar-refractivity contribution in [3.63, 3.8) is 0 Å². The smallest absolute Gasteiger partial charge is 0.267 e. The minimum atomic E-state index is -4.22. The summed E-state index contributed by atoms with van der Waals surface area (Å²) < 4.78 is 53.2. The molecule has 2 rings (SSSR count). The van der Waals surface area contributed by atoms with Crippen LogP contribution in [0.5, 0.6) is 0 Å². The normalized spacial score (nSPS) is 11.4. The molecule has 0 unspecified atom stereocenters. The minimum absolute atomic E-state index is 0.0885. The van der Waals surface area contributed by atoms with E-state index in [0.717, 1.165) is 16.4 Å². The van der Waals surface area contributed by atoms with E-state index in [-0.39, 0.29) is 12.1 Å². The van der Waals surface area contributed by atoms with Crippen molar-refractivity contribution in [1.82, 2.24) is 0 Å². The maximum absolute atomic E-state index is 13.9. The first-order chi connectivity index (χ1) is 9.87. The van der Waals surface area contributed by atoms with Gasteiger partial charge in [0.15, 0.2) is 11.6 Å². The van der Waals surface area contributed by atoms with E-state index in [0.29, 0.717) is 5.69 Å². The van der Waals surface area contributed by atoms with E-state index in [2.05, 4.69) is 0 Å². The van der Waals surface area contributed by atoms with Crippen LogP contribution < -0.4 is 10.0 Å². The van der Waals surface area contributed by atoms with Gasteiger partial charge < -0.3 is 5.73 Å². The second kappa shape index (κ2) is 5.79. The summed E-state index contributed by atoms with van der Waals surface area (Å²) in [6.07, 6.45) is 0. The van der Waals surface area contributed by atoms with E-state index in [1.54, 1.807) is 30.3 Å². The summed E-state index contributed by atoms with van der Waals surface area (Å²) in [6, 6.07) is 10.1. The molecule has 0 bridgehead atoms. The maximum atomic E-state index is 13.9. The van der Waals surface area contributed by atoms with Crippen LogP contribution in [0.1, 0.15) is 5.56 Å². The summed E-state index contributed by atoms with van der Waals surface area (Å²) in [6.45, 7) is -0.0885. The first-order valence-electron chi connectivity index (χ1n) is 6.10. The molecule has 0 aromatic heterocycles. The number of hydrogen-bond acceptors (Lipinski definition) is 3. The molecule has 2 aromatic carbocycles. The summed E-state index contributed by atoms with van der Waals surface area (Å²) in [5.74, 6) is -2.65. The van der Waals surface area contributed by atoms with Crippen molar-refractivity contribution in [3.8, 4) is 0 Å². The van der Waals surface area contributed by atoms with E-state index in [9.17, 15) is 17.2 Å². The standard InChI is InChI=1S/C14H14F2N2O2S/c1-18(11-5-3-2-4-6-11)21(19,20)13-8-10(9-17)7-12(15)14(13)16/h2-8H,9,17H2,1H3.